The zero-order chi connectivity index (χ0) is 22.8. The maximum Gasteiger partial charge on any atom is 0.252 e. The van der Waals surface area contributed by atoms with Crippen molar-refractivity contribution in [3.8, 4) is 0 Å². The second-order valence-corrected chi connectivity index (χ2v) is 9.62. The number of fused-ring (bicyclic) bond motifs is 1. The van der Waals surface area contributed by atoms with Gasteiger partial charge in [0.15, 0.2) is 11.5 Å². The molecule has 0 radical (unpaired) electrons. The van der Waals surface area contributed by atoms with Crippen molar-refractivity contribution in [1.82, 2.24) is 34.7 Å². The lowest BCUT2D eigenvalue weighted by Crippen LogP contribution is -2.51. The number of nitrogens with zero attached hydrogens (tertiary/aromatic N) is 6. The van der Waals surface area contributed by atoms with Gasteiger partial charge in [0.2, 0.25) is 0 Å². The summed E-state index contributed by atoms with van der Waals surface area (Å²) in [6, 6.07) is 8.23. The molecule has 1 amide bonds. The summed E-state index contributed by atoms with van der Waals surface area (Å²) in [7, 11) is 0. The number of carbonyl (C=O) groups excluding carboxylic acids is 1. The van der Waals surface area contributed by atoms with E-state index in [4.69, 9.17) is 0 Å². The number of carbonyl (C=O) groups is 1. The summed E-state index contributed by atoms with van der Waals surface area (Å²) in [6.45, 7) is 9.32. The van der Waals surface area contributed by atoms with Gasteiger partial charge in [0.05, 0.1) is 11.6 Å². The predicted molar refractivity (Wildman–Crippen MR) is 127 cm³/mol. The molecule has 1 N–H and O–H groups in total. The van der Waals surface area contributed by atoms with Gasteiger partial charge in [0, 0.05) is 57.4 Å². The van der Waals surface area contributed by atoms with Crippen LogP contribution in [0.5, 0.6) is 0 Å². The molecule has 1 atom stereocenters. The Morgan fingerprint density at radius 2 is 2.06 bits per heavy atom. The smallest absolute Gasteiger partial charge is 0.252 e. The minimum atomic E-state index is -0.0832. The van der Waals surface area contributed by atoms with Crippen LogP contribution in [0.15, 0.2) is 42.9 Å². The predicted octanol–water partition coefficient (Wildman–Crippen LogP) is 2.57. The fraction of sp³-hybridized carbons (Fsp3) is 0.520. The second-order valence-electron chi connectivity index (χ2n) is 9.62. The minimum Gasteiger partial charge on any atom is -0.352 e. The quantitative estimate of drug-likeness (QED) is 0.572. The molecule has 1 aliphatic carbocycles. The molecular weight excluding hydrogens is 414 g/mol. The van der Waals surface area contributed by atoms with Gasteiger partial charge in [-0.25, -0.2) is 0 Å². The van der Waals surface area contributed by atoms with Crippen LogP contribution >= 0.6 is 0 Å². The van der Waals surface area contributed by atoms with E-state index in [1.807, 2.05) is 41.1 Å². The van der Waals surface area contributed by atoms with E-state index in [0.29, 0.717) is 18.2 Å². The molecule has 1 unspecified atom stereocenters. The van der Waals surface area contributed by atoms with Gasteiger partial charge in [-0.15, -0.1) is 10.2 Å². The van der Waals surface area contributed by atoms with Gasteiger partial charge in [0.25, 0.3) is 5.91 Å². The zero-order valence-electron chi connectivity index (χ0n) is 19.5. The number of rotatable bonds is 8. The molecule has 0 spiro atoms. The average Bonchev–Trinajstić information content (AvgIpc) is 3.54. The summed E-state index contributed by atoms with van der Waals surface area (Å²) in [5.74, 6) is 1.71. The zero-order valence-corrected chi connectivity index (χ0v) is 19.5. The Balaban J connectivity index is 1.33. The standard InChI is InChI=1S/C25H33N7O/c1-18(2)31-13-12-30(15-20-5-6-20)17-22(31)24-29-28-23-8-7-21(16-32(23)24)25(33)27-11-9-19-4-3-10-26-14-19/h3-4,7-8,10,14,16,18,20,22H,5-6,9,11-13,15,17H2,1-2H3,(H,27,33). The molecule has 2 fully saturated rings. The van der Waals surface area contributed by atoms with E-state index in [-0.39, 0.29) is 11.9 Å². The lowest BCUT2D eigenvalue weighted by atomic mass is 10.1. The van der Waals surface area contributed by atoms with Gasteiger partial charge in [-0.1, -0.05) is 6.07 Å². The van der Waals surface area contributed by atoms with Crippen LogP contribution in [0.25, 0.3) is 5.65 Å². The van der Waals surface area contributed by atoms with Crippen LogP contribution in [0.4, 0.5) is 0 Å². The van der Waals surface area contributed by atoms with Crippen molar-refractivity contribution in [1.29, 1.82) is 0 Å². The second kappa shape index (κ2) is 9.57. The molecule has 174 valence electrons. The van der Waals surface area contributed by atoms with Gasteiger partial charge in [-0.3, -0.25) is 24.0 Å². The number of pyridine rings is 2. The number of hydrogen-bond acceptors (Lipinski definition) is 6. The van der Waals surface area contributed by atoms with Gasteiger partial charge >= 0.3 is 0 Å². The van der Waals surface area contributed by atoms with E-state index in [1.54, 1.807) is 6.20 Å². The fourth-order valence-corrected chi connectivity index (χ4v) is 4.77. The third-order valence-electron chi connectivity index (χ3n) is 6.79. The van der Waals surface area contributed by atoms with Gasteiger partial charge in [-0.05, 0) is 62.8 Å². The molecule has 2 aliphatic rings. The van der Waals surface area contributed by atoms with Crippen LogP contribution in [0.3, 0.4) is 0 Å². The molecule has 8 heteroatoms. The van der Waals surface area contributed by atoms with Crippen LogP contribution in [0.1, 0.15) is 54.5 Å². The van der Waals surface area contributed by atoms with Crippen molar-refractivity contribution in [2.24, 2.45) is 5.92 Å². The Bertz CT molecular complexity index is 1090. The van der Waals surface area contributed by atoms with Gasteiger partial charge in [-0.2, -0.15) is 0 Å². The summed E-state index contributed by atoms with van der Waals surface area (Å²) < 4.78 is 2.01. The van der Waals surface area contributed by atoms with Crippen molar-refractivity contribution in [2.45, 2.75) is 45.2 Å². The highest BCUT2D eigenvalue weighted by molar-refractivity contribution is 5.94. The normalized spacial score (nSPS) is 19.9. The highest BCUT2D eigenvalue weighted by Crippen LogP contribution is 2.33. The summed E-state index contributed by atoms with van der Waals surface area (Å²) in [5.41, 5.74) is 2.51. The summed E-state index contributed by atoms with van der Waals surface area (Å²) in [4.78, 5) is 22.1. The molecule has 33 heavy (non-hydrogen) atoms. The van der Waals surface area contributed by atoms with Crippen molar-refractivity contribution in [2.75, 3.05) is 32.7 Å². The van der Waals surface area contributed by atoms with Crippen molar-refractivity contribution in [3.05, 3.63) is 59.8 Å². The Hall–Kier alpha value is -2.84. The SMILES string of the molecule is CC(C)N1CCN(CC2CC2)CC1c1nnc2ccc(C(=O)NCCc3cccnc3)cn12. The lowest BCUT2D eigenvalue weighted by molar-refractivity contribution is 0.0437. The van der Waals surface area contributed by atoms with Crippen molar-refractivity contribution >= 4 is 11.6 Å². The maximum atomic E-state index is 12.8. The molecule has 8 nitrogen and oxygen atoms in total. The first-order valence-corrected chi connectivity index (χ1v) is 12.1. The topological polar surface area (TPSA) is 78.7 Å². The molecular formula is C25H33N7O. The lowest BCUT2D eigenvalue weighted by Gasteiger charge is -2.42. The van der Waals surface area contributed by atoms with E-state index < -0.39 is 0 Å². The molecule has 0 aromatic carbocycles. The van der Waals surface area contributed by atoms with E-state index in [9.17, 15) is 4.79 Å². The molecule has 0 bridgehead atoms. The number of aromatic nitrogens is 4. The van der Waals surface area contributed by atoms with Crippen LogP contribution in [-0.2, 0) is 6.42 Å². The number of hydrogen-bond donors (Lipinski definition) is 1. The molecule has 3 aromatic rings. The van der Waals surface area contributed by atoms with E-state index in [0.717, 1.165) is 49.0 Å². The van der Waals surface area contributed by atoms with Crippen LogP contribution < -0.4 is 5.32 Å². The largest absolute Gasteiger partial charge is 0.352 e. The van der Waals surface area contributed by atoms with E-state index in [2.05, 4.69) is 44.1 Å². The number of nitrogens with one attached hydrogen (secondary N) is 1. The first-order chi connectivity index (χ1) is 16.1. The monoisotopic (exact) mass is 447 g/mol. The molecule has 5 rings (SSSR count). The molecule has 1 aliphatic heterocycles. The molecule has 1 saturated carbocycles. The first kappa shape index (κ1) is 22.0. The summed E-state index contributed by atoms with van der Waals surface area (Å²) >= 11 is 0. The van der Waals surface area contributed by atoms with E-state index >= 15 is 0 Å². The maximum absolute atomic E-state index is 12.8. The Morgan fingerprint density at radius 1 is 1.18 bits per heavy atom. The fourth-order valence-electron chi connectivity index (χ4n) is 4.77. The Labute approximate surface area is 195 Å². The van der Waals surface area contributed by atoms with Gasteiger partial charge in [0.1, 0.15) is 0 Å². The summed E-state index contributed by atoms with van der Waals surface area (Å²) in [5, 5.41) is 12.0. The summed E-state index contributed by atoms with van der Waals surface area (Å²) in [6.07, 6.45) is 8.96. The highest BCUT2D eigenvalue weighted by Gasteiger charge is 2.35. The number of piperazine rings is 1. The Kier molecular flexibility index (Phi) is 6.37. The van der Waals surface area contributed by atoms with E-state index in [1.165, 1.54) is 19.4 Å². The third kappa shape index (κ3) is 5.07. The van der Waals surface area contributed by atoms with Crippen LogP contribution in [0, 0.1) is 5.92 Å². The van der Waals surface area contributed by atoms with Crippen LogP contribution in [-0.4, -0.2) is 74.1 Å². The van der Waals surface area contributed by atoms with Crippen molar-refractivity contribution in [3.63, 3.8) is 0 Å². The molecule has 1 saturated heterocycles. The van der Waals surface area contributed by atoms with Crippen molar-refractivity contribution < 1.29 is 4.79 Å². The van der Waals surface area contributed by atoms with Crippen LogP contribution in [0.2, 0.25) is 0 Å². The van der Waals surface area contributed by atoms with Gasteiger partial charge < -0.3 is 5.32 Å². The first-order valence-electron chi connectivity index (χ1n) is 12.1. The minimum absolute atomic E-state index is 0.0832. The third-order valence-corrected chi connectivity index (χ3v) is 6.79. The molecule has 3 aromatic heterocycles. The molecule has 4 heterocycles. The Morgan fingerprint density at radius 3 is 2.82 bits per heavy atom. The highest BCUT2D eigenvalue weighted by atomic mass is 16.1. The average molecular weight is 448 g/mol. The number of amides is 1.